The summed E-state index contributed by atoms with van der Waals surface area (Å²) in [6.45, 7) is 4.01. The maximum absolute atomic E-state index is 12.8. The Labute approximate surface area is 140 Å². The predicted molar refractivity (Wildman–Crippen MR) is 92.6 cm³/mol. The number of ether oxygens (including phenoxy) is 1. The van der Waals surface area contributed by atoms with E-state index in [4.69, 9.17) is 9.39 Å². The number of esters is 1. The monoisotopic (exact) mass is 321 g/mol. The molecule has 0 radical (unpaired) electrons. The van der Waals surface area contributed by atoms with Gasteiger partial charge < -0.3 is 9.39 Å². The van der Waals surface area contributed by atoms with Crippen LogP contribution in [0.3, 0.4) is 0 Å². The molecular formula is C18H32BNO3. The molecule has 1 aliphatic heterocycles. The zero-order valence-electron chi connectivity index (χ0n) is 15.0. The SMILES string of the molecule is COC(=O)[C@@]1(C)[NH+]=C(C)O[B-]1(C1CCCCC1)C1CCCCC1. The van der Waals surface area contributed by atoms with E-state index in [2.05, 4.69) is 4.99 Å². The molecule has 1 heterocycles. The minimum atomic E-state index is -1.30. The number of carbonyl (C=O) groups excluding carboxylic acids is 1. The summed E-state index contributed by atoms with van der Waals surface area (Å²) in [5.74, 6) is 1.67. The zero-order chi connectivity index (χ0) is 16.5. The molecule has 1 N–H and O–H groups in total. The second-order valence-corrected chi connectivity index (χ2v) is 8.20. The van der Waals surface area contributed by atoms with Crippen LogP contribution in [0, 0.1) is 0 Å². The zero-order valence-corrected chi connectivity index (χ0v) is 15.0. The van der Waals surface area contributed by atoms with Gasteiger partial charge in [-0.25, -0.2) is 9.79 Å². The summed E-state index contributed by atoms with van der Waals surface area (Å²) in [6.07, 6.45) is 11.2. The van der Waals surface area contributed by atoms with Crippen LogP contribution in [0.5, 0.6) is 0 Å². The van der Waals surface area contributed by atoms with Gasteiger partial charge in [0.05, 0.1) is 14.0 Å². The van der Waals surface area contributed by atoms with Crippen LogP contribution >= 0.6 is 0 Å². The van der Waals surface area contributed by atoms with E-state index in [-0.39, 0.29) is 5.97 Å². The van der Waals surface area contributed by atoms with Crippen LogP contribution < -0.4 is 4.99 Å². The third-order valence-corrected chi connectivity index (χ3v) is 7.02. The summed E-state index contributed by atoms with van der Waals surface area (Å²) in [5.41, 5.74) is -0.706. The summed E-state index contributed by atoms with van der Waals surface area (Å²) in [5, 5.41) is 0. The second kappa shape index (κ2) is 6.48. The molecule has 0 aromatic heterocycles. The normalized spacial score (nSPS) is 32.2. The van der Waals surface area contributed by atoms with Gasteiger partial charge in [0.1, 0.15) is 0 Å². The Hall–Kier alpha value is -0.995. The molecular weight excluding hydrogens is 289 g/mol. The minimum Gasteiger partial charge on any atom is -0.663 e. The van der Waals surface area contributed by atoms with Crippen molar-refractivity contribution in [2.24, 2.45) is 0 Å². The molecule has 130 valence electrons. The highest BCUT2D eigenvalue weighted by Crippen LogP contribution is 2.53. The molecule has 0 bridgehead atoms. The van der Waals surface area contributed by atoms with E-state index < -0.39 is 11.8 Å². The van der Waals surface area contributed by atoms with Crippen molar-refractivity contribution in [2.75, 3.05) is 7.11 Å². The van der Waals surface area contributed by atoms with Crippen molar-refractivity contribution in [3.05, 3.63) is 0 Å². The molecule has 0 spiro atoms. The molecule has 2 aliphatic carbocycles. The maximum atomic E-state index is 12.8. The first-order chi connectivity index (χ1) is 11.0. The first-order valence-electron chi connectivity index (χ1n) is 9.59. The van der Waals surface area contributed by atoms with E-state index in [1.54, 1.807) is 0 Å². The average Bonchev–Trinajstić information content (AvgIpc) is 2.88. The lowest BCUT2D eigenvalue weighted by Gasteiger charge is -2.54. The fraction of sp³-hybridized carbons (Fsp3) is 0.889. The molecule has 3 aliphatic rings. The fourth-order valence-electron chi connectivity index (χ4n) is 6.14. The number of rotatable bonds is 3. The van der Waals surface area contributed by atoms with Crippen LogP contribution in [-0.4, -0.2) is 30.8 Å². The van der Waals surface area contributed by atoms with E-state index >= 15 is 0 Å². The third kappa shape index (κ3) is 2.60. The van der Waals surface area contributed by atoms with E-state index in [1.165, 1.54) is 71.3 Å². The quantitative estimate of drug-likeness (QED) is 0.642. The Bertz CT molecular complexity index is 463. The van der Waals surface area contributed by atoms with Gasteiger partial charge in [-0.1, -0.05) is 64.2 Å². The predicted octanol–water partition coefficient (Wildman–Crippen LogP) is 2.60. The first-order valence-corrected chi connectivity index (χ1v) is 9.59. The van der Waals surface area contributed by atoms with Crippen molar-refractivity contribution in [3.8, 4) is 0 Å². The standard InChI is InChI=1S/C18H31BNO3/c1-14-20-18(2,17(21)22-3)19(23-14,15-10-6-4-7-11-15)16-12-8-5-9-13-16/h15-16H,4-13H2,1-3H3/q-1/p+1/t18-/m1/s1. The van der Waals surface area contributed by atoms with E-state index in [9.17, 15) is 4.79 Å². The molecule has 0 unspecified atom stereocenters. The van der Waals surface area contributed by atoms with Crippen molar-refractivity contribution >= 4 is 18.2 Å². The lowest BCUT2D eigenvalue weighted by molar-refractivity contribution is -0.507. The molecule has 23 heavy (non-hydrogen) atoms. The van der Waals surface area contributed by atoms with E-state index in [0.29, 0.717) is 11.6 Å². The van der Waals surface area contributed by atoms with Crippen molar-refractivity contribution in [1.82, 2.24) is 0 Å². The number of carbonyl (C=O) groups is 1. The van der Waals surface area contributed by atoms with Crippen LogP contribution in [0.1, 0.15) is 78.1 Å². The fourth-order valence-corrected chi connectivity index (χ4v) is 6.14. The number of hydrogen-bond donors (Lipinski definition) is 1. The lowest BCUT2D eigenvalue weighted by Crippen LogP contribution is -2.93. The van der Waals surface area contributed by atoms with Gasteiger partial charge in [0, 0.05) is 0 Å². The molecule has 2 fully saturated rings. The van der Waals surface area contributed by atoms with Crippen molar-refractivity contribution in [2.45, 2.75) is 95.1 Å². The average molecular weight is 321 g/mol. The van der Waals surface area contributed by atoms with Crippen LogP contribution in [-0.2, 0) is 14.2 Å². The minimum absolute atomic E-state index is 0.148. The van der Waals surface area contributed by atoms with E-state index in [1.807, 2.05) is 13.8 Å². The molecule has 0 amide bonds. The summed E-state index contributed by atoms with van der Waals surface area (Å²) >= 11 is 0. The van der Waals surface area contributed by atoms with Crippen molar-refractivity contribution < 1.29 is 19.2 Å². The van der Waals surface area contributed by atoms with Gasteiger partial charge in [0.2, 0.25) is 0 Å². The largest absolute Gasteiger partial charge is 0.663 e. The van der Waals surface area contributed by atoms with Gasteiger partial charge in [-0.05, 0) is 6.92 Å². The smallest absolute Gasteiger partial charge is 0.341 e. The topological polar surface area (TPSA) is 49.5 Å². The van der Waals surface area contributed by atoms with Crippen LogP contribution in [0.15, 0.2) is 0 Å². The van der Waals surface area contributed by atoms with Gasteiger partial charge >= 0.3 is 5.97 Å². The molecule has 5 heteroatoms. The molecule has 0 aromatic rings. The maximum Gasteiger partial charge on any atom is 0.341 e. The number of hydrogen-bond acceptors (Lipinski definition) is 3. The molecule has 0 aromatic carbocycles. The van der Waals surface area contributed by atoms with Crippen LogP contribution in [0.4, 0.5) is 0 Å². The second-order valence-electron chi connectivity index (χ2n) is 8.20. The van der Waals surface area contributed by atoms with Gasteiger partial charge in [0.25, 0.3) is 12.2 Å². The summed E-state index contributed by atoms with van der Waals surface area (Å²) < 4.78 is 11.9. The van der Waals surface area contributed by atoms with Crippen molar-refractivity contribution in [3.63, 3.8) is 0 Å². The summed E-state index contributed by atoms with van der Waals surface area (Å²) in [4.78, 5) is 16.2. The molecule has 3 rings (SSSR count). The van der Waals surface area contributed by atoms with Gasteiger partial charge in [-0.3, -0.25) is 0 Å². The molecule has 4 nitrogen and oxygen atoms in total. The summed E-state index contributed by atoms with van der Waals surface area (Å²) in [6, 6.07) is 0. The summed E-state index contributed by atoms with van der Waals surface area (Å²) in [7, 11) is 1.51. The Balaban J connectivity index is 2.04. The Morgan fingerprint density at radius 1 is 1.09 bits per heavy atom. The highest BCUT2D eigenvalue weighted by Gasteiger charge is 2.66. The lowest BCUT2D eigenvalue weighted by atomic mass is 9.16. The molecule has 0 saturated heterocycles. The van der Waals surface area contributed by atoms with Crippen LogP contribution in [0.25, 0.3) is 0 Å². The Morgan fingerprint density at radius 2 is 1.57 bits per heavy atom. The third-order valence-electron chi connectivity index (χ3n) is 7.02. The molecule has 1 atom stereocenters. The molecule has 2 saturated carbocycles. The van der Waals surface area contributed by atoms with Crippen molar-refractivity contribution in [1.29, 1.82) is 0 Å². The number of methoxy groups -OCH3 is 1. The first kappa shape index (κ1) is 16.8. The Kier molecular flexibility index (Phi) is 4.75. The van der Waals surface area contributed by atoms with Gasteiger partial charge in [-0.2, -0.15) is 0 Å². The highest BCUT2D eigenvalue weighted by molar-refractivity contribution is 6.84. The van der Waals surface area contributed by atoms with Crippen LogP contribution in [0.2, 0.25) is 11.6 Å². The van der Waals surface area contributed by atoms with Gasteiger partial charge in [0.15, 0.2) is 5.44 Å². The van der Waals surface area contributed by atoms with E-state index in [0.717, 1.165) is 5.90 Å². The Morgan fingerprint density at radius 3 is 2.00 bits per heavy atom. The van der Waals surface area contributed by atoms with Gasteiger partial charge in [-0.15, -0.1) is 11.6 Å². The number of nitrogens with one attached hydrogen (secondary N) is 1. The highest BCUT2D eigenvalue weighted by atomic mass is 16.5.